The number of aromatic nitrogens is 2. The van der Waals surface area contributed by atoms with Crippen molar-refractivity contribution in [3.8, 4) is 22.5 Å². The molecule has 7 heteroatoms. The molecule has 1 aliphatic rings. The summed E-state index contributed by atoms with van der Waals surface area (Å²) in [5, 5.41) is 4.55. The highest BCUT2D eigenvalue weighted by Gasteiger charge is 2.32. The summed E-state index contributed by atoms with van der Waals surface area (Å²) >= 11 is 0. The molecule has 1 aliphatic heterocycles. The number of aryl methyl sites for hydroxylation is 2. The van der Waals surface area contributed by atoms with Crippen molar-refractivity contribution in [2.24, 2.45) is 0 Å². The molecule has 0 aliphatic carbocycles. The fourth-order valence-electron chi connectivity index (χ4n) is 3.51. The van der Waals surface area contributed by atoms with Gasteiger partial charge in [0.15, 0.2) is 0 Å². The summed E-state index contributed by atoms with van der Waals surface area (Å²) in [6, 6.07) is 12.4. The summed E-state index contributed by atoms with van der Waals surface area (Å²) in [7, 11) is 0. The van der Waals surface area contributed by atoms with Gasteiger partial charge in [0.1, 0.15) is 11.3 Å². The number of rotatable bonds is 3. The van der Waals surface area contributed by atoms with E-state index < -0.39 is 17.7 Å². The first-order chi connectivity index (χ1) is 13.4. The molecule has 0 spiro atoms. The van der Waals surface area contributed by atoms with Gasteiger partial charge in [-0.1, -0.05) is 36.4 Å². The van der Waals surface area contributed by atoms with E-state index in [0.717, 1.165) is 29.7 Å². The molecule has 2 aromatic carbocycles. The summed E-state index contributed by atoms with van der Waals surface area (Å²) in [6.45, 7) is 2.48. The number of ether oxygens (including phenoxy) is 1. The Bertz CT molecular complexity index is 1040. The van der Waals surface area contributed by atoms with Crippen molar-refractivity contribution in [1.29, 1.82) is 0 Å². The number of hydrogen-bond donors (Lipinski definition) is 0. The Morgan fingerprint density at radius 1 is 1.14 bits per heavy atom. The smallest absolute Gasteiger partial charge is 0.416 e. The minimum absolute atomic E-state index is 0.192. The van der Waals surface area contributed by atoms with Crippen LogP contribution in [0.15, 0.2) is 48.5 Å². The first kappa shape index (κ1) is 18.3. The van der Waals surface area contributed by atoms with E-state index in [-0.39, 0.29) is 12.2 Å². The SMILES string of the molecule is CCOC(=O)c1c(-c2ccc(C(F)(F)F)cc2)nn2c1-c1ccccc1CC2. The number of carbonyl (C=O) groups is 1. The van der Waals surface area contributed by atoms with Crippen LogP contribution in [-0.2, 0) is 23.9 Å². The summed E-state index contributed by atoms with van der Waals surface area (Å²) in [5.41, 5.74) is 2.95. The molecule has 0 unspecified atom stereocenters. The van der Waals surface area contributed by atoms with Gasteiger partial charge in [-0.3, -0.25) is 4.68 Å². The summed E-state index contributed by atoms with van der Waals surface area (Å²) in [6.07, 6.45) is -3.66. The predicted molar refractivity (Wildman–Crippen MR) is 97.8 cm³/mol. The highest BCUT2D eigenvalue weighted by atomic mass is 19.4. The van der Waals surface area contributed by atoms with Crippen molar-refractivity contribution in [2.75, 3.05) is 6.61 Å². The fourth-order valence-corrected chi connectivity index (χ4v) is 3.51. The lowest BCUT2D eigenvalue weighted by molar-refractivity contribution is -0.137. The van der Waals surface area contributed by atoms with Crippen molar-refractivity contribution < 1.29 is 22.7 Å². The van der Waals surface area contributed by atoms with Crippen molar-refractivity contribution in [1.82, 2.24) is 9.78 Å². The highest BCUT2D eigenvalue weighted by molar-refractivity contribution is 6.03. The molecule has 0 radical (unpaired) electrons. The summed E-state index contributed by atoms with van der Waals surface area (Å²) in [5.74, 6) is -0.532. The molecule has 0 bridgehead atoms. The molecule has 1 aromatic heterocycles. The van der Waals surface area contributed by atoms with E-state index in [4.69, 9.17) is 4.74 Å². The number of fused-ring (bicyclic) bond motifs is 3. The molecule has 2 heterocycles. The number of esters is 1. The third-order valence-electron chi connectivity index (χ3n) is 4.78. The number of alkyl halides is 3. The van der Waals surface area contributed by atoms with E-state index in [1.807, 2.05) is 24.3 Å². The lowest BCUT2D eigenvalue weighted by Crippen LogP contribution is -2.14. The minimum Gasteiger partial charge on any atom is -0.462 e. The molecule has 0 fully saturated rings. The topological polar surface area (TPSA) is 44.1 Å². The second kappa shape index (κ2) is 6.82. The van der Waals surface area contributed by atoms with Crippen LogP contribution in [-0.4, -0.2) is 22.4 Å². The van der Waals surface area contributed by atoms with Gasteiger partial charge in [-0.25, -0.2) is 4.79 Å². The average Bonchev–Trinajstić information content (AvgIpc) is 3.08. The van der Waals surface area contributed by atoms with Crippen LogP contribution in [0.4, 0.5) is 13.2 Å². The van der Waals surface area contributed by atoms with Crippen LogP contribution in [0.2, 0.25) is 0 Å². The van der Waals surface area contributed by atoms with Crippen LogP contribution < -0.4 is 0 Å². The molecule has 3 aromatic rings. The van der Waals surface area contributed by atoms with Crippen LogP contribution in [0, 0.1) is 0 Å². The van der Waals surface area contributed by atoms with E-state index in [1.54, 1.807) is 11.6 Å². The minimum atomic E-state index is -4.42. The third kappa shape index (κ3) is 3.06. The van der Waals surface area contributed by atoms with E-state index in [9.17, 15) is 18.0 Å². The zero-order chi connectivity index (χ0) is 19.9. The summed E-state index contributed by atoms with van der Waals surface area (Å²) in [4.78, 5) is 12.8. The average molecular weight is 386 g/mol. The lowest BCUT2D eigenvalue weighted by atomic mass is 9.94. The lowest BCUT2D eigenvalue weighted by Gasteiger charge is -2.18. The van der Waals surface area contributed by atoms with Crippen molar-refractivity contribution in [3.63, 3.8) is 0 Å². The zero-order valence-electron chi connectivity index (χ0n) is 15.1. The van der Waals surface area contributed by atoms with Crippen molar-refractivity contribution in [2.45, 2.75) is 26.1 Å². The van der Waals surface area contributed by atoms with Crippen LogP contribution in [0.1, 0.15) is 28.4 Å². The largest absolute Gasteiger partial charge is 0.462 e. The number of halogens is 3. The maximum absolute atomic E-state index is 12.9. The maximum atomic E-state index is 12.9. The van der Waals surface area contributed by atoms with Crippen LogP contribution in [0.5, 0.6) is 0 Å². The first-order valence-corrected chi connectivity index (χ1v) is 8.94. The Kier molecular flexibility index (Phi) is 4.45. The van der Waals surface area contributed by atoms with Gasteiger partial charge in [0.05, 0.1) is 17.9 Å². The Labute approximate surface area is 159 Å². The second-order valence-corrected chi connectivity index (χ2v) is 6.50. The normalized spacial score (nSPS) is 13.0. The fraction of sp³-hybridized carbons (Fsp3) is 0.238. The van der Waals surface area contributed by atoms with Gasteiger partial charge in [-0.15, -0.1) is 0 Å². The van der Waals surface area contributed by atoms with E-state index in [0.29, 0.717) is 23.5 Å². The Balaban J connectivity index is 1.90. The Morgan fingerprint density at radius 2 is 1.86 bits per heavy atom. The van der Waals surface area contributed by atoms with E-state index >= 15 is 0 Å². The molecule has 4 nitrogen and oxygen atoms in total. The molecule has 0 amide bonds. The van der Waals surface area contributed by atoms with Gasteiger partial charge in [0.2, 0.25) is 0 Å². The number of benzene rings is 2. The van der Waals surface area contributed by atoms with Gasteiger partial charge in [-0.05, 0) is 31.0 Å². The quantitative estimate of drug-likeness (QED) is 0.597. The molecule has 0 saturated heterocycles. The number of carbonyl (C=O) groups excluding carboxylic acids is 1. The van der Waals surface area contributed by atoms with Crippen LogP contribution >= 0.6 is 0 Å². The molecular formula is C21H17F3N2O2. The highest BCUT2D eigenvalue weighted by Crippen LogP contribution is 2.38. The standard InChI is InChI=1S/C21H17F3N2O2/c1-2-28-20(27)17-18(14-7-9-15(10-8-14)21(22,23)24)25-26-12-11-13-5-3-4-6-16(13)19(17)26/h3-10H,2,11-12H2,1H3. The maximum Gasteiger partial charge on any atom is 0.416 e. The molecule has 144 valence electrons. The van der Waals surface area contributed by atoms with Crippen LogP contribution in [0.25, 0.3) is 22.5 Å². The molecule has 28 heavy (non-hydrogen) atoms. The van der Waals surface area contributed by atoms with Gasteiger partial charge in [0.25, 0.3) is 0 Å². The van der Waals surface area contributed by atoms with Gasteiger partial charge in [0, 0.05) is 17.7 Å². The Morgan fingerprint density at radius 3 is 2.54 bits per heavy atom. The second-order valence-electron chi connectivity index (χ2n) is 6.50. The number of hydrogen-bond acceptors (Lipinski definition) is 3. The zero-order valence-corrected chi connectivity index (χ0v) is 15.1. The molecule has 0 atom stereocenters. The predicted octanol–water partition coefficient (Wildman–Crippen LogP) is 4.97. The molecule has 0 saturated carbocycles. The van der Waals surface area contributed by atoms with Crippen molar-refractivity contribution in [3.05, 3.63) is 65.2 Å². The van der Waals surface area contributed by atoms with E-state index in [2.05, 4.69) is 5.10 Å². The van der Waals surface area contributed by atoms with Gasteiger partial charge in [-0.2, -0.15) is 18.3 Å². The monoisotopic (exact) mass is 386 g/mol. The van der Waals surface area contributed by atoms with Crippen molar-refractivity contribution >= 4 is 5.97 Å². The molecule has 0 N–H and O–H groups in total. The van der Waals surface area contributed by atoms with Gasteiger partial charge < -0.3 is 4.74 Å². The first-order valence-electron chi connectivity index (χ1n) is 8.94. The van der Waals surface area contributed by atoms with Crippen LogP contribution in [0.3, 0.4) is 0 Å². The molecule has 4 rings (SSSR count). The third-order valence-corrected chi connectivity index (χ3v) is 4.78. The van der Waals surface area contributed by atoms with Gasteiger partial charge >= 0.3 is 12.1 Å². The van der Waals surface area contributed by atoms with E-state index in [1.165, 1.54) is 12.1 Å². The number of nitrogens with zero attached hydrogens (tertiary/aromatic N) is 2. The summed E-state index contributed by atoms with van der Waals surface area (Å²) < 4.78 is 45.6. The Hall–Kier alpha value is -3.09. The molecular weight excluding hydrogens is 369 g/mol.